The lowest BCUT2D eigenvalue weighted by Gasteiger charge is -2.35. The number of amides is 1. The predicted molar refractivity (Wildman–Crippen MR) is 93.5 cm³/mol. The predicted octanol–water partition coefficient (Wildman–Crippen LogP) is 1.70. The molecule has 0 spiro atoms. The van der Waals surface area contributed by atoms with Crippen LogP contribution in [0.25, 0.3) is 0 Å². The van der Waals surface area contributed by atoms with Crippen LogP contribution in [0.1, 0.15) is 58.3 Å². The molecule has 0 aromatic carbocycles. The van der Waals surface area contributed by atoms with E-state index in [1.54, 1.807) is 0 Å². The summed E-state index contributed by atoms with van der Waals surface area (Å²) in [4.78, 5) is 34.8. The number of alkyl carbamates (subject to hydrolysis) is 1. The smallest absolute Gasteiger partial charge is 0.410 e. The van der Waals surface area contributed by atoms with Gasteiger partial charge in [0.15, 0.2) is 0 Å². The second-order valence-electron chi connectivity index (χ2n) is 6.84. The van der Waals surface area contributed by atoms with Gasteiger partial charge < -0.3 is 19.9 Å². The molecule has 156 valence electrons. The van der Waals surface area contributed by atoms with Crippen LogP contribution in [-0.2, 0) is 29.2 Å². The number of hydrogen-bond donors (Lipinski definition) is 3. The molecule has 11 heteroatoms. The highest BCUT2D eigenvalue weighted by atomic mass is 32.2. The number of rotatable bonds is 10. The molecule has 1 unspecified atom stereocenters. The van der Waals surface area contributed by atoms with Crippen LogP contribution < -0.4 is 5.32 Å². The van der Waals surface area contributed by atoms with Crippen molar-refractivity contribution in [3.05, 3.63) is 0 Å². The first-order valence-electron chi connectivity index (χ1n) is 8.82. The van der Waals surface area contributed by atoms with Crippen LogP contribution in [0, 0.1) is 5.41 Å². The van der Waals surface area contributed by atoms with E-state index in [1.165, 1.54) is 6.92 Å². The van der Waals surface area contributed by atoms with Crippen molar-refractivity contribution in [1.82, 2.24) is 5.32 Å². The van der Waals surface area contributed by atoms with Gasteiger partial charge in [-0.2, -0.15) is 8.42 Å². The lowest BCUT2D eigenvalue weighted by Crippen LogP contribution is -2.34. The van der Waals surface area contributed by atoms with Crippen LogP contribution >= 0.6 is 0 Å². The Morgan fingerprint density at radius 3 is 2.30 bits per heavy atom. The van der Waals surface area contributed by atoms with Crippen molar-refractivity contribution in [2.24, 2.45) is 5.41 Å². The monoisotopic (exact) mass is 409 g/mol. The molecular formula is C16H27NO9S. The molecular weight excluding hydrogens is 382 g/mol. The number of carbonyl (C=O) groups excluding carboxylic acids is 2. The third-order valence-electron chi connectivity index (χ3n) is 4.38. The van der Waals surface area contributed by atoms with E-state index in [-0.39, 0.29) is 25.8 Å². The van der Waals surface area contributed by atoms with Gasteiger partial charge in [-0.25, -0.2) is 4.79 Å². The minimum atomic E-state index is -4.09. The lowest BCUT2D eigenvalue weighted by molar-refractivity contribution is -0.168. The number of nitrogens with one attached hydrogen (secondary N) is 1. The summed E-state index contributed by atoms with van der Waals surface area (Å²) in [5.74, 6) is -2.09. The van der Waals surface area contributed by atoms with Crippen LogP contribution in [-0.4, -0.2) is 54.7 Å². The Morgan fingerprint density at radius 1 is 1.11 bits per heavy atom. The fourth-order valence-electron chi connectivity index (χ4n) is 3.23. The fourth-order valence-corrected chi connectivity index (χ4v) is 3.74. The Bertz CT molecular complexity index is 626. The molecule has 0 aromatic rings. The highest BCUT2D eigenvalue weighted by Gasteiger charge is 2.37. The normalized spacial score (nSPS) is 17.6. The SMILES string of the molecule is CC(OC(=O)CC1(CC(=O)O)CCCCC1)OC(=O)NCCCS(=O)(=O)O. The summed E-state index contributed by atoms with van der Waals surface area (Å²) < 4.78 is 39.5. The minimum Gasteiger partial charge on any atom is -0.481 e. The molecule has 3 N–H and O–H groups in total. The zero-order chi connectivity index (χ0) is 20.5. The molecule has 1 saturated carbocycles. The number of carboxylic acid groups (broad SMARTS) is 1. The first kappa shape index (κ1) is 23.2. The van der Waals surface area contributed by atoms with Gasteiger partial charge in [-0.15, -0.1) is 0 Å². The van der Waals surface area contributed by atoms with Crippen molar-refractivity contribution in [2.75, 3.05) is 12.3 Å². The largest absolute Gasteiger partial charge is 0.481 e. The van der Waals surface area contributed by atoms with E-state index < -0.39 is 45.6 Å². The van der Waals surface area contributed by atoms with E-state index in [0.717, 1.165) is 19.3 Å². The average molecular weight is 409 g/mol. The molecule has 0 saturated heterocycles. The number of ether oxygens (including phenoxy) is 2. The van der Waals surface area contributed by atoms with Crippen molar-refractivity contribution < 1.29 is 41.9 Å². The van der Waals surface area contributed by atoms with E-state index in [9.17, 15) is 22.8 Å². The highest BCUT2D eigenvalue weighted by Crippen LogP contribution is 2.42. The van der Waals surface area contributed by atoms with Crippen molar-refractivity contribution in [3.63, 3.8) is 0 Å². The molecule has 1 aliphatic rings. The topological polar surface area (TPSA) is 156 Å². The average Bonchev–Trinajstić information content (AvgIpc) is 2.50. The van der Waals surface area contributed by atoms with Gasteiger partial charge in [0.1, 0.15) is 0 Å². The van der Waals surface area contributed by atoms with E-state index in [2.05, 4.69) is 5.32 Å². The number of carbonyl (C=O) groups is 3. The summed E-state index contributed by atoms with van der Waals surface area (Å²) in [6.45, 7) is 1.31. The van der Waals surface area contributed by atoms with Crippen LogP contribution in [0.3, 0.4) is 0 Å². The summed E-state index contributed by atoms with van der Waals surface area (Å²) in [5, 5.41) is 11.4. The van der Waals surface area contributed by atoms with Crippen molar-refractivity contribution in [3.8, 4) is 0 Å². The number of aliphatic carboxylic acids is 1. The summed E-state index contributed by atoms with van der Waals surface area (Å²) in [6, 6.07) is 0. The maximum Gasteiger partial charge on any atom is 0.410 e. The standard InChI is InChI=1S/C16H27NO9S/c1-12(26-15(21)17-8-5-9-27(22,23)24)25-14(20)11-16(10-13(18)19)6-3-2-4-7-16/h12H,2-11H2,1H3,(H,17,21)(H,18,19)(H,22,23,24). The third-order valence-corrected chi connectivity index (χ3v) is 5.18. The van der Waals surface area contributed by atoms with Crippen LogP contribution in [0.5, 0.6) is 0 Å². The van der Waals surface area contributed by atoms with Crippen LogP contribution in [0.4, 0.5) is 4.79 Å². The zero-order valence-corrected chi connectivity index (χ0v) is 16.1. The quantitative estimate of drug-likeness (QED) is 0.211. The summed E-state index contributed by atoms with van der Waals surface area (Å²) in [5.41, 5.74) is -0.626. The number of esters is 1. The number of carboxylic acids is 1. The second-order valence-corrected chi connectivity index (χ2v) is 8.41. The minimum absolute atomic E-state index is 0.000188. The fraction of sp³-hybridized carbons (Fsp3) is 0.812. The second kappa shape index (κ2) is 10.5. The molecule has 0 bridgehead atoms. The van der Waals surface area contributed by atoms with E-state index in [0.29, 0.717) is 12.8 Å². The molecule has 27 heavy (non-hydrogen) atoms. The molecule has 1 fully saturated rings. The molecule has 1 rings (SSSR count). The lowest BCUT2D eigenvalue weighted by atomic mass is 9.70. The molecule has 0 radical (unpaired) electrons. The Hall–Kier alpha value is -1.88. The molecule has 1 atom stereocenters. The third kappa shape index (κ3) is 10.1. The Morgan fingerprint density at radius 2 is 1.74 bits per heavy atom. The first-order valence-corrected chi connectivity index (χ1v) is 10.4. The molecule has 0 heterocycles. The maximum absolute atomic E-state index is 12.1. The van der Waals surface area contributed by atoms with Crippen molar-refractivity contribution in [1.29, 1.82) is 0 Å². The van der Waals surface area contributed by atoms with Crippen LogP contribution in [0.15, 0.2) is 0 Å². The van der Waals surface area contributed by atoms with Gasteiger partial charge >= 0.3 is 18.0 Å². The first-order chi connectivity index (χ1) is 12.5. The molecule has 1 aliphatic carbocycles. The molecule has 1 amide bonds. The number of hydrogen-bond acceptors (Lipinski definition) is 7. The van der Waals surface area contributed by atoms with Gasteiger partial charge in [0.25, 0.3) is 10.1 Å². The van der Waals surface area contributed by atoms with E-state index in [4.69, 9.17) is 19.1 Å². The van der Waals surface area contributed by atoms with Gasteiger partial charge in [0, 0.05) is 13.5 Å². The van der Waals surface area contributed by atoms with Crippen molar-refractivity contribution >= 4 is 28.1 Å². The Kier molecular flexibility index (Phi) is 8.97. The summed E-state index contributed by atoms with van der Waals surface area (Å²) in [6.07, 6.45) is 1.77. The highest BCUT2D eigenvalue weighted by molar-refractivity contribution is 7.85. The summed E-state index contributed by atoms with van der Waals surface area (Å²) >= 11 is 0. The maximum atomic E-state index is 12.1. The molecule has 10 nitrogen and oxygen atoms in total. The van der Waals surface area contributed by atoms with Crippen LogP contribution in [0.2, 0.25) is 0 Å². The van der Waals surface area contributed by atoms with Gasteiger partial charge in [-0.3, -0.25) is 14.1 Å². The molecule has 0 aromatic heterocycles. The summed E-state index contributed by atoms with van der Waals surface area (Å²) in [7, 11) is -4.09. The molecule has 0 aliphatic heterocycles. The zero-order valence-electron chi connectivity index (χ0n) is 15.3. The van der Waals surface area contributed by atoms with Gasteiger partial charge in [0.05, 0.1) is 18.6 Å². The van der Waals surface area contributed by atoms with Gasteiger partial charge in [-0.1, -0.05) is 19.3 Å². The Labute approximate surface area is 158 Å². The van der Waals surface area contributed by atoms with Gasteiger partial charge in [0.2, 0.25) is 6.29 Å². The van der Waals surface area contributed by atoms with Gasteiger partial charge in [-0.05, 0) is 24.7 Å². The van der Waals surface area contributed by atoms with E-state index >= 15 is 0 Å². The van der Waals surface area contributed by atoms with E-state index in [1.807, 2.05) is 0 Å². The van der Waals surface area contributed by atoms with Crippen molar-refractivity contribution in [2.45, 2.75) is 64.6 Å². The Balaban J connectivity index is 2.39.